The van der Waals surface area contributed by atoms with E-state index in [-0.39, 0.29) is 45.4 Å². The number of benzene rings is 4. The predicted molar refractivity (Wildman–Crippen MR) is 295 cm³/mol. The third kappa shape index (κ3) is 13.8. The van der Waals surface area contributed by atoms with Crippen molar-refractivity contribution in [3.8, 4) is 22.4 Å². The topological polar surface area (TPSA) is 35.8 Å². The first-order valence-corrected chi connectivity index (χ1v) is 26.8. The molecule has 4 nitrogen and oxygen atoms in total. The molecule has 1 saturated carbocycles. The molecule has 5 aromatic rings. The van der Waals surface area contributed by atoms with Crippen LogP contribution in [0.25, 0.3) is 33.5 Å². The molecule has 0 spiro atoms. The van der Waals surface area contributed by atoms with Gasteiger partial charge in [-0.25, -0.2) is 4.99 Å². The zero-order valence-corrected chi connectivity index (χ0v) is 46.9. The Morgan fingerprint density at radius 3 is 1.29 bits per heavy atom. The van der Waals surface area contributed by atoms with Crippen LogP contribution in [-0.4, -0.2) is 54.9 Å². The van der Waals surface area contributed by atoms with Gasteiger partial charge in [0.1, 0.15) is 13.2 Å². The van der Waals surface area contributed by atoms with Gasteiger partial charge < -0.3 is 13.8 Å². The van der Waals surface area contributed by atoms with Crippen LogP contribution < -0.4 is 0 Å². The Balaban J connectivity index is 1.66. The molecule has 2 heterocycles. The number of allylic oxidation sites excluding steroid dienone is 3. The molecule has 0 radical (unpaired) electrons. The molecule has 7 rings (SSSR count). The Bertz CT molecular complexity index is 2940. The number of rotatable bonds is 15. The van der Waals surface area contributed by atoms with E-state index in [1.54, 1.807) is 30.3 Å². The highest BCUT2D eigenvalue weighted by Gasteiger charge is 2.60. The quantitative estimate of drug-likeness (QED) is 0.0774. The Kier molecular flexibility index (Phi) is 17.2. The number of alkyl halides is 10. The van der Waals surface area contributed by atoms with Crippen molar-refractivity contribution in [1.29, 1.82) is 0 Å². The molecule has 0 N–H and O–H groups in total. The molecule has 1 aromatic heterocycles. The van der Waals surface area contributed by atoms with Crippen LogP contribution in [0, 0.1) is 5.92 Å². The van der Waals surface area contributed by atoms with E-state index < -0.39 is 44.7 Å². The molecule has 1 aliphatic heterocycles. The van der Waals surface area contributed by atoms with Crippen molar-refractivity contribution in [2.45, 2.75) is 174 Å². The van der Waals surface area contributed by atoms with Crippen LogP contribution in [0.15, 0.2) is 120 Å². The van der Waals surface area contributed by atoms with Gasteiger partial charge in [-0.15, -0.1) is 0 Å². The third-order valence-corrected chi connectivity index (χ3v) is 15.0. The monoisotopic (exact) mass is 1090 g/mol. The SMILES string of the molecule is CC(C)(C)c1ccc(C2=CC(c3ccc(C(C)(C)C)cc3)=N/C2=C(/CCC2CCCCC2)c2c(-c3ccc(C(C)(C)C)cc3)cc(-c3ccc(C(C)(C)C)cc3)n2B(OCC(F)(F)C(F)(F)F)OCC(F)(F)C(F)(F)F)cc1. The molecular formula is C63H73BF10N2O2. The van der Waals surface area contributed by atoms with Crippen molar-refractivity contribution in [1.82, 2.24) is 4.48 Å². The van der Waals surface area contributed by atoms with E-state index in [1.165, 1.54) is 0 Å². The van der Waals surface area contributed by atoms with Gasteiger partial charge in [0.05, 0.1) is 11.4 Å². The van der Waals surface area contributed by atoms with Gasteiger partial charge >= 0.3 is 31.5 Å². The number of hydrogen-bond acceptors (Lipinski definition) is 3. The van der Waals surface area contributed by atoms with Crippen molar-refractivity contribution in [3.05, 3.63) is 154 Å². The summed E-state index contributed by atoms with van der Waals surface area (Å²) in [5, 5.41) is 0. The van der Waals surface area contributed by atoms with Crippen molar-refractivity contribution in [2.75, 3.05) is 13.2 Å². The highest BCUT2D eigenvalue weighted by molar-refractivity contribution is 6.44. The van der Waals surface area contributed by atoms with Crippen molar-refractivity contribution < 1.29 is 53.2 Å². The number of halogens is 10. The van der Waals surface area contributed by atoms with Gasteiger partial charge in [-0.2, -0.15) is 43.9 Å². The van der Waals surface area contributed by atoms with Gasteiger partial charge in [-0.1, -0.05) is 212 Å². The summed E-state index contributed by atoms with van der Waals surface area (Å²) >= 11 is 0. The summed E-state index contributed by atoms with van der Waals surface area (Å²) in [5.41, 5.74) is 7.44. The second-order valence-corrected chi connectivity index (χ2v) is 25.2. The lowest BCUT2D eigenvalue weighted by atomic mass is 9.82. The fourth-order valence-electron chi connectivity index (χ4n) is 9.98. The Morgan fingerprint density at radius 2 is 0.897 bits per heavy atom. The zero-order chi connectivity index (χ0) is 57.6. The summed E-state index contributed by atoms with van der Waals surface area (Å²) in [7, 11) is -2.74. The van der Waals surface area contributed by atoms with Crippen LogP contribution in [0.5, 0.6) is 0 Å². The molecule has 0 unspecified atom stereocenters. The van der Waals surface area contributed by atoms with Gasteiger partial charge in [0, 0.05) is 33.7 Å². The van der Waals surface area contributed by atoms with Gasteiger partial charge in [-0.3, -0.25) is 0 Å². The van der Waals surface area contributed by atoms with Gasteiger partial charge in [-0.05, 0) is 91.5 Å². The minimum absolute atomic E-state index is 0.0202. The smallest absolute Gasteiger partial charge is 0.385 e. The largest absolute Gasteiger partial charge is 0.598 e. The summed E-state index contributed by atoms with van der Waals surface area (Å²) in [6, 6.07) is 31.9. The first-order valence-electron chi connectivity index (χ1n) is 26.8. The van der Waals surface area contributed by atoms with E-state index in [9.17, 15) is 26.3 Å². The van der Waals surface area contributed by atoms with Crippen LogP contribution in [0.4, 0.5) is 43.9 Å². The highest BCUT2D eigenvalue weighted by atomic mass is 19.4. The lowest BCUT2D eigenvalue weighted by Gasteiger charge is -2.28. The van der Waals surface area contributed by atoms with Crippen molar-refractivity contribution in [3.63, 3.8) is 0 Å². The number of hydrogen-bond donors (Lipinski definition) is 0. The fourth-order valence-corrected chi connectivity index (χ4v) is 9.98. The van der Waals surface area contributed by atoms with Crippen molar-refractivity contribution >= 4 is 24.1 Å². The summed E-state index contributed by atoms with van der Waals surface area (Å²) in [4.78, 5) is 5.43. The maximum atomic E-state index is 15.2. The average molecular weight is 1090 g/mol. The lowest BCUT2D eigenvalue weighted by molar-refractivity contribution is -0.295. The minimum atomic E-state index is -6.20. The highest BCUT2D eigenvalue weighted by Crippen LogP contribution is 2.47. The van der Waals surface area contributed by atoms with E-state index >= 15 is 17.6 Å². The first-order chi connectivity index (χ1) is 36.0. The van der Waals surface area contributed by atoms with Crippen molar-refractivity contribution in [2.24, 2.45) is 10.9 Å². The Labute approximate surface area is 454 Å². The molecule has 0 bridgehead atoms. The summed E-state index contributed by atoms with van der Waals surface area (Å²) in [6.45, 7) is 19.6. The number of nitrogens with zero attached hydrogens (tertiary/aromatic N) is 2. The molecule has 78 heavy (non-hydrogen) atoms. The summed E-state index contributed by atoms with van der Waals surface area (Å²) in [6.07, 6.45) is -4.99. The van der Waals surface area contributed by atoms with Crippen LogP contribution in [0.1, 0.15) is 167 Å². The molecule has 0 saturated heterocycles. The van der Waals surface area contributed by atoms with E-state index in [2.05, 4.69) is 41.5 Å². The Hall–Kier alpha value is -5.41. The Morgan fingerprint density at radius 1 is 0.513 bits per heavy atom. The van der Waals surface area contributed by atoms with Gasteiger partial charge in [0.15, 0.2) is 0 Å². The lowest BCUT2D eigenvalue weighted by Crippen LogP contribution is -2.48. The zero-order valence-electron chi connectivity index (χ0n) is 46.9. The maximum absolute atomic E-state index is 15.2. The second kappa shape index (κ2) is 22.3. The van der Waals surface area contributed by atoms with Crippen LogP contribution in [0.3, 0.4) is 0 Å². The minimum Gasteiger partial charge on any atom is -0.385 e. The molecule has 0 amide bonds. The summed E-state index contributed by atoms with van der Waals surface area (Å²) in [5.74, 6) is -11.0. The molecule has 4 aromatic carbocycles. The number of aromatic nitrogens is 1. The van der Waals surface area contributed by atoms with Crippen LogP contribution >= 0.6 is 0 Å². The second-order valence-electron chi connectivity index (χ2n) is 25.2. The molecular weight excluding hydrogens is 1020 g/mol. The molecule has 2 aliphatic rings. The standard InChI is InChI=1S/C63H73BF10N2O2/c1-56(2,3)45-27-19-41(20-28-45)50-36-52(43-23-31-47(32-24-43)58(7,8)9)75-54(50)49(35-18-40-16-14-13-15-17-40)55-51(42-21-29-46(30-22-42)57(4,5)6)37-53(44-25-33-48(34-26-44)59(10,11)12)76(55)64(77-38-60(65,66)62(69,70)71)78-39-61(67,68)63(72,73)74/h19-34,36-37,40H,13-18,35,38-39H2,1-12H3/b54-49-. The first kappa shape index (κ1) is 60.2. The normalized spacial score (nSPS) is 16.4. The summed E-state index contributed by atoms with van der Waals surface area (Å²) < 4.78 is 158. The average Bonchev–Trinajstić information content (AvgIpc) is 4.02. The van der Waals surface area contributed by atoms with Crippen LogP contribution in [-0.2, 0) is 31.0 Å². The van der Waals surface area contributed by atoms with Crippen LogP contribution in [0.2, 0.25) is 0 Å². The van der Waals surface area contributed by atoms with E-state index in [0.29, 0.717) is 45.7 Å². The van der Waals surface area contributed by atoms with E-state index in [0.717, 1.165) is 70.0 Å². The molecule has 1 fully saturated rings. The maximum Gasteiger partial charge on any atom is 0.598 e. The number of aliphatic imine (C=N–C) groups is 1. The molecule has 1 aliphatic carbocycles. The fraction of sp³-hybridized carbons (Fsp3) is 0.476. The van der Waals surface area contributed by atoms with Gasteiger partial charge in [0.2, 0.25) is 0 Å². The van der Waals surface area contributed by atoms with Gasteiger partial charge in [0.25, 0.3) is 0 Å². The molecule has 0 atom stereocenters. The van der Waals surface area contributed by atoms with E-state index in [1.807, 2.05) is 120 Å². The van der Waals surface area contributed by atoms with E-state index in [4.69, 9.17) is 14.3 Å². The predicted octanol–water partition coefficient (Wildman–Crippen LogP) is 18.9. The third-order valence-electron chi connectivity index (χ3n) is 15.0. The molecule has 15 heteroatoms. The molecule has 420 valence electrons.